The van der Waals surface area contributed by atoms with Crippen LogP contribution in [0.2, 0.25) is 0 Å². The van der Waals surface area contributed by atoms with Gasteiger partial charge in [0.05, 0.1) is 23.7 Å². The van der Waals surface area contributed by atoms with E-state index >= 15 is 0 Å². The zero-order valence-electron chi connectivity index (χ0n) is 13.9. The lowest BCUT2D eigenvalue weighted by Crippen LogP contribution is -2.42. The SMILES string of the molecule is COC(=O)C1CC2(CN1)CC(Cl)c1c(c(C)nc3ccc(F)cc13)O2. The number of nitrogens with one attached hydrogen (secondary N) is 1. The van der Waals surface area contributed by atoms with E-state index in [9.17, 15) is 9.18 Å². The first-order valence-electron chi connectivity index (χ1n) is 8.16. The van der Waals surface area contributed by atoms with Crippen molar-refractivity contribution in [2.24, 2.45) is 0 Å². The number of pyridine rings is 1. The highest BCUT2D eigenvalue weighted by atomic mass is 35.5. The van der Waals surface area contributed by atoms with Gasteiger partial charge in [-0.25, -0.2) is 9.37 Å². The summed E-state index contributed by atoms with van der Waals surface area (Å²) in [5.74, 6) is -0.0534. The smallest absolute Gasteiger partial charge is 0.323 e. The van der Waals surface area contributed by atoms with Crippen molar-refractivity contribution < 1.29 is 18.7 Å². The molecule has 3 atom stereocenters. The lowest BCUT2D eigenvalue weighted by molar-refractivity contribution is -0.143. The molecule has 1 fully saturated rings. The van der Waals surface area contributed by atoms with E-state index in [1.54, 1.807) is 6.07 Å². The molecule has 1 N–H and O–H groups in total. The number of benzene rings is 1. The number of halogens is 2. The summed E-state index contributed by atoms with van der Waals surface area (Å²) < 4.78 is 24.9. The van der Waals surface area contributed by atoms with Crippen LogP contribution in [0.3, 0.4) is 0 Å². The molecule has 1 aromatic carbocycles. The summed E-state index contributed by atoms with van der Waals surface area (Å²) in [6.45, 7) is 2.35. The number of ether oxygens (including phenoxy) is 2. The third kappa shape index (κ3) is 2.64. The average Bonchev–Trinajstić information content (AvgIpc) is 2.98. The van der Waals surface area contributed by atoms with Crippen LogP contribution in [0, 0.1) is 12.7 Å². The Morgan fingerprint density at radius 1 is 1.48 bits per heavy atom. The molecule has 3 unspecified atom stereocenters. The highest BCUT2D eigenvalue weighted by molar-refractivity contribution is 6.22. The van der Waals surface area contributed by atoms with Gasteiger partial charge in [0.25, 0.3) is 0 Å². The Morgan fingerprint density at radius 2 is 2.28 bits per heavy atom. The van der Waals surface area contributed by atoms with Crippen molar-refractivity contribution in [3.05, 3.63) is 35.3 Å². The molecule has 2 aliphatic rings. The van der Waals surface area contributed by atoms with Gasteiger partial charge in [0.1, 0.15) is 23.2 Å². The number of hydrogen-bond acceptors (Lipinski definition) is 5. The zero-order valence-corrected chi connectivity index (χ0v) is 14.7. The number of aryl methyl sites for hydroxylation is 1. The molecular formula is C18H18ClFN2O3. The van der Waals surface area contributed by atoms with Crippen LogP contribution in [-0.2, 0) is 9.53 Å². The van der Waals surface area contributed by atoms with E-state index in [1.807, 2.05) is 6.92 Å². The second-order valence-electron chi connectivity index (χ2n) is 6.72. The molecule has 0 amide bonds. The van der Waals surface area contributed by atoms with Crippen LogP contribution in [0.15, 0.2) is 18.2 Å². The van der Waals surface area contributed by atoms with Gasteiger partial charge in [-0.05, 0) is 25.1 Å². The number of carbonyl (C=O) groups excluding carboxylic acids is 1. The van der Waals surface area contributed by atoms with E-state index in [0.29, 0.717) is 41.7 Å². The quantitative estimate of drug-likeness (QED) is 0.622. The highest BCUT2D eigenvalue weighted by Crippen LogP contribution is 2.49. The fourth-order valence-electron chi connectivity index (χ4n) is 3.86. The molecule has 25 heavy (non-hydrogen) atoms. The summed E-state index contributed by atoms with van der Waals surface area (Å²) in [7, 11) is 1.37. The number of nitrogens with zero attached hydrogens (tertiary/aromatic N) is 1. The number of aromatic nitrogens is 1. The zero-order chi connectivity index (χ0) is 17.8. The summed E-state index contributed by atoms with van der Waals surface area (Å²) in [4.78, 5) is 16.3. The van der Waals surface area contributed by atoms with E-state index in [-0.39, 0.29) is 17.2 Å². The maximum atomic E-state index is 13.7. The summed E-state index contributed by atoms with van der Waals surface area (Å²) >= 11 is 6.71. The average molecular weight is 365 g/mol. The van der Waals surface area contributed by atoms with Crippen molar-refractivity contribution in [3.8, 4) is 5.75 Å². The van der Waals surface area contributed by atoms with Crippen molar-refractivity contribution >= 4 is 28.5 Å². The minimum Gasteiger partial charge on any atom is -0.484 e. The number of methoxy groups -OCH3 is 1. The minimum atomic E-state index is -0.592. The molecule has 1 aromatic heterocycles. The first-order chi connectivity index (χ1) is 11.9. The lowest BCUT2D eigenvalue weighted by Gasteiger charge is -2.38. The molecule has 0 aliphatic carbocycles. The van der Waals surface area contributed by atoms with E-state index in [0.717, 1.165) is 5.56 Å². The molecule has 132 valence electrons. The Labute approximate surface area is 149 Å². The normalized spacial score (nSPS) is 28.0. The monoisotopic (exact) mass is 364 g/mol. The molecule has 4 rings (SSSR count). The summed E-state index contributed by atoms with van der Waals surface area (Å²) in [5.41, 5.74) is 1.59. The van der Waals surface area contributed by atoms with Crippen LogP contribution in [0.25, 0.3) is 10.9 Å². The van der Waals surface area contributed by atoms with Gasteiger partial charge in [0, 0.05) is 30.3 Å². The molecule has 0 saturated carbocycles. The molecule has 0 bridgehead atoms. The summed E-state index contributed by atoms with van der Waals surface area (Å²) in [5, 5.41) is 3.46. The van der Waals surface area contributed by atoms with Gasteiger partial charge in [-0.3, -0.25) is 4.79 Å². The number of rotatable bonds is 1. The molecule has 0 radical (unpaired) electrons. The van der Waals surface area contributed by atoms with Gasteiger partial charge in [-0.15, -0.1) is 11.6 Å². The molecule has 7 heteroatoms. The number of fused-ring (bicyclic) bond motifs is 3. The predicted molar refractivity (Wildman–Crippen MR) is 91.4 cm³/mol. The van der Waals surface area contributed by atoms with E-state index in [4.69, 9.17) is 21.1 Å². The summed E-state index contributed by atoms with van der Waals surface area (Å²) in [6.07, 6.45) is 1.00. The summed E-state index contributed by atoms with van der Waals surface area (Å²) in [6, 6.07) is 4.07. The fraction of sp³-hybridized carbons (Fsp3) is 0.444. The molecule has 2 aromatic rings. The lowest BCUT2D eigenvalue weighted by atomic mass is 9.87. The molecular weight excluding hydrogens is 347 g/mol. The maximum absolute atomic E-state index is 13.7. The van der Waals surface area contributed by atoms with Crippen LogP contribution in [0.1, 0.15) is 29.5 Å². The topological polar surface area (TPSA) is 60.5 Å². The van der Waals surface area contributed by atoms with Crippen LogP contribution in [-0.4, -0.2) is 36.3 Å². The number of alkyl halides is 1. The molecule has 1 saturated heterocycles. The molecule has 2 aliphatic heterocycles. The molecule has 1 spiro atoms. The van der Waals surface area contributed by atoms with Gasteiger partial charge < -0.3 is 14.8 Å². The maximum Gasteiger partial charge on any atom is 0.323 e. The largest absolute Gasteiger partial charge is 0.484 e. The third-order valence-electron chi connectivity index (χ3n) is 5.03. The van der Waals surface area contributed by atoms with Crippen LogP contribution >= 0.6 is 11.6 Å². The van der Waals surface area contributed by atoms with Crippen LogP contribution < -0.4 is 10.1 Å². The van der Waals surface area contributed by atoms with Crippen LogP contribution in [0.5, 0.6) is 5.75 Å². The van der Waals surface area contributed by atoms with Gasteiger partial charge in [-0.1, -0.05) is 0 Å². The Balaban J connectivity index is 1.78. The molecule has 5 nitrogen and oxygen atoms in total. The first-order valence-corrected chi connectivity index (χ1v) is 8.60. The Bertz CT molecular complexity index is 875. The van der Waals surface area contributed by atoms with Crippen molar-refractivity contribution in [2.45, 2.75) is 36.8 Å². The predicted octanol–water partition coefficient (Wildman–Crippen LogP) is 3.02. The number of hydrogen-bond donors (Lipinski definition) is 1. The first kappa shape index (κ1) is 16.5. The highest BCUT2D eigenvalue weighted by Gasteiger charge is 2.49. The second-order valence-corrected chi connectivity index (χ2v) is 7.25. The van der Waals surface area contributed by atoms with Crippen molar-refractivity contribution in [1.29, 1.82) is 0 Å². The van der Waals surface area contributed by atoms with Gasteiger partial charge in [0.2, 0.25) is 0 Å². The standard InChI is InChI=1S/C18H18ClFN2O3/c1-9-16-15(11-5-10(20)3-4-13(11)22-9)12(19)6-18(25-16)7-14(21-8-18)17(23)24-2/h3-5,12,14,21H,6-8H2,1-2H3. The number of esters is 1. The fourth-order valence-corrected chi connectivity index (χ4v) is 4.36. The van der Waals surface area contributed by atoms with Crippen molar-refractivity contribution in [2.75, 3.05) is 13.7 Å². The minimum absolute atomic E-state index is 0.312. The Kier molecular flexibility index (Phi) is 3.85. The molecule has 3 heterocycles. The van der Waals surface area contributed by atoms with Gasteiger partial charge in [0.15, 0.2) is 0 Å². The van der Waals surface area contributed by atoms with Crippen molar-refractivity contribution in [3.63, 3.8) is 0 Å². The van der Waals surface area contributed by atoms with E-state index < -0.39 is 11.6 Å². The van der Waals surface area contributed by atoms with Gasteiger partial charge >= 0.3 is 5.97 Å². The Hall–Kier alpha value is -1.92. The Morgan fingerprint density at radius 3 is 3.04 bits per heavy atom. The van der Waals surface area contributed by atoms with E-state index in [2.05, 4.69) is 10.3 Å². The van der Waals surface area contributed by atoms with E-state index in [1.165, 1.54) is 19.2 Å². The second kappa shape index (κ2) is 5.81. The van der Waals surface area contributed by atoms with Crippen molar-refractivity contribution in [1.82, 2.24) is 10.3 Å². The number of carbonyl (C=O) groups is 1. The van der Waals surface area contributed by atoms with Gasteiger partial charge in [-0.2, -0.15) is 0 Å². The van der Waals surface area contributed by atoms with Crippen LogP contribution in [0.4, 0.5) is 4.39 Å². The third-order valence-corrected chi connectivity index (χ3v) is 5.40.